The van der Waals surface area contributed by atoms with Crippen LogP contribution in [0, 0.1) is 0 Å². The number of hydrogen-bond acceptors (Lipinski definition) is 3. The fraction of sp³-hybridized carbons (Fsp3) is 0.556. The highest BCUT2D eigenvalue weighted by molar-refractivity contribution is 4.92. The molecule has 0 amide bonds. The zero-order valence-corrected chi connectivity index (χ0v) is 7.77. The van der Waals surface area contributed by atoms with Crippen LogP contribution in [0.5, 0.6) is 0 Å². The van der Waals surface area contributed by atoms with Crippen molar-refractivity contribution in [2.24, 2.45) is 5.73 Å². The number of nitrogens with zero attached hydrogens (tertiary/aromatic N) is 1. The van der Waals surface area contributed by atoms with Gasteiger partial charge >= 0.3 is 5.69 Å². The molecule has 1 fully saturated rings. The maximum atomic E-state index is 11.4. The molecule has 2 atom stereocenters. The van der Waals surface area contributed by atoms with E-state index in [0.717, 1.165) is 19.3 Å². The third-order valence-corrected chi connectivity index (χ3v) is 2.74. The molecule has 1 aliphatic carbocycles. The average Bonchev–Trinajstić information content (AvgIpc) is 2.52. The SMILES string of the molecule is N[C@H]1CCC[C@H]1n1ccc(=O)[nH]c1=O. The second-order valence-corrected chi connectivity index (χ2v) is 3.68. The molecule has 2 rings (SSSR count). The molecule has 1 saturated carbocycles. The minimum Gasteiger partial charge on any atom is -0.326 e. The van der Waals surface area contributed by atoms with Crippen LogP contribution in [-0.2, 0) is 0 Å². The third kappa shape index (κ3) is 1.50. The summed E-state index contributed by atoms with van der Waals surface area (Å²) < 4.78 is 1.53. The second-order valence-electron chi connectivity index (χ2n) is 3.68. The number of hydrogen-bond donors (Lipinski definition) is 2. The van der Waals surface area contributed by atoms with Crippen molar-refractivity contribution in [1.82, 2.24) is 9.55 Å². The zero-order valence-electron chi connectivity index (χ0n) is 7.77. The predicted octanol–water partition coefficient (Wildman–Crippen LogP) is -0.411. The molecule has 0 aliphatic heterocycles. The predicted molar refractivity (Wildman–Crippen MR) is 52.2 cm³/mol. The largest absolute Gasteiger partial charge is 0.328 e. The van der Waals surface area contributed by atoms with Crippen molar-refractivity contribution in [3.63, 3.8) is 0 Å². The van der Waals surface area contributed by atoms with Gasteiger partial charge in [0.2, 0.25) is 0 Å². The number of aromatic nitrogens is 2. The number of H-pyrrole nitrogens is 1. The zero-order chi connectivity index (χ0) is 10.1. The van der Waals surface area contributed by atoms with Gasteiger partial charge in [0.15, 0.2) is 0 Å². The van der Waals surface area contributed by atoms with Crippen LogP contribution in [0.4, 0.5) is 0 Å². The van der Waals surface area contributed by atoms with Crippen LogP contribution in [0.15, 0.2) is 21.9 Å². The maximum Gasteiger partial charge on any atom is 0.328 e. The lowest BCUT2D eigenvalue weighted by Gasteiger charge is -2.17. The molecule has 5 heteroatoms. The van der Waals surface area contributed by atoms with E-state index in [0.29, 0.717) is 0 Å². The van der Waals surface area contributed by atoms with Gasteiger partial charge in [-0.2, -0.15) is 0 Å². The Kier molecular flexibility index (Phi) is 2.25. The van der Waals surface area contributed by atoms with Crippen LogP contribution in [0.2, 0.25) is 0 Å². The molecular formula is C9H13N3O2. The van der Waals surface area contributed by atoms with Gasteiger partial charge in [0.1, 0.15) is 0 Å². The smallest absolute Gasteiger partial charge is 0.326 e. The van der Waals surface area contributed by atoms with E-state index in [9.17, 15) is 9.59 Å². The Morgan fingerprint density at radius 1 is 1.43 bits per heavy atom. The van der Waals surface area contributed by atoms with Crippen LogP contribution in [-0.4, -0.2) is 15.6 Å². The Hall–Kier alpha value is -1.36. The summed E-state index contributed by atoms with van der Waals surface area (Å²) in [5.74, 6) is 0. The van der Waals surface area contributed by atoms with Gasteiger partial charge in [-0.05, 0) is 19.3 Å². The third-order valence-electron chi connectivity index (χ3n) is 2.74. The summed E-state index contributed by atoms with van der Waals surface area (Å²) in [6.07, 6.45) is 4.41. The van der Waals surface area contributed by atoms with Crippen LogP contribution in [0.25, 0.3) is 0 Å². The lowest BCUT2D eigenvalue weighted by molar-refractivity contribution is 0.441. The van der Waals surface area contributed by atoms with E-state index in [1.807, 2.05) is 0 Å². The van der Waals surface area contributed by atoms with E-state index < -0.39 is 0 Å². The summed E-state index contributed by atoms with van der Waals surface area (Å²) in [4.78, 5) is 24.5. The van der Waals surface area contributed by atoms with Crippen LogP contribution >= 0.6 is 0 Å². The highest BCUT2D eigenvalue weighted by atomic mass is 16.2. The highest BCUT2D eigenvalue weighted by Crippen LogP contribution is 2.26. The Morgan fingerprint density at radius 3 is 2.79 bits per heavy atom. The van der Waals surface area contributed by atoms with Crippen LogP contribution < -0.4 is 17.0 Å². The van der Waals surface area contributed by atoms with E-state index in [4.69, 9.17) is 5.73 Å². The molecule has 0 saturated heterocycles. The van der Waals surface area contributed by atoms with E-state index in [1.165, 1.54) is 16.8 Å². The van der Waals surface area contributed by atoms with Gasteiger partial charge in [-0.15, -0.1) is 0 Å². The first kappa shape index (κ1) is 9.21. The van der Waals surface area contributed by atoms with Gasteiger partial charge in [0.05, 0.1) is 6.04 Å². The fourth-order valence-electron chi connectivity index (χ4n) is 2.00. The first-order chi connectivity index (χ1) is 6.68. The number of aromatic amines is 1. The molecule has 0 radical (unpaired) electrons. The molecule has 1 aromatic heterocycles. The normalized spacial score (nSPS) is 26.6. The van der Waals surface area contributed by atoms with E-state index in [1.54, 1.807) is 0 Å². The van der Waals surface area contributed by atoms with Crippen molar-refractivity contribution in [3.8, 4) is 0 Å². The summed E-state index contributed by atoms with van der Waals surface area (Å²) in [5, 5.41) is 0. The number of rotatable bonds is 1. The van der Waals surface area contributed by atoms with Crippen LogP contribution in [0.3, 0.4) is 0 Å². The summed E-state index contributed by atoms with van der Waals surface area (Å²) in [5.41, 5.74) is 5.14. The molecule has 5 nitrogen and oxygen atoms in total. The molecule has 0 spiro atoms. The highest BCUT2D eigenvalue weighted by Gasteiger charge is 2.25. The molecular weight excluding hydrogens is 182 g/mol. The number of nitrogens with two attached hydrogens (primary N) is 1. The monoisotopic (exact) mass is 195 g/mol. The van der Waals surface area contributed by atoms with Gasteiger partial charge in [0.25, 0.3) is 5.56 Å². The van der Waals surface area contributed by atoms with Gasteiger partial charge < -0.3 is 5.73 Å². The summed E-state index contributed by atoms with van der Waals surface area (Å²) >= 11 is 0. The number of nitrogens with one attached hydrogen (secondary N) is 1. The van der Waals surface area contributed by atoms with Crippen LogP contribution in [0.1, 0.15) is 25.3 Å². The minimum absolute atomic E-state index is 0.0265. The van der Waals surface area contributed by atoms with E-state index >= 15 is 0 Å². The van der Waals surface area contributed by atoms with Crippen molar-refractivity contribution in [2.75, 3.05) is 0 Å². The summed E-state index contributed by atoms with van der Waals surface area (Å²) in [7, 11) is 0. The van der Waals surface area contributed by atoms with Gasteiger partial charge in [-0.25, -0.2) is 4.79 Å². The second kappa shape index (κ2) is 3.42. The van der Waals surface area contributed by atoms with Crippen molar-refractivity contribution in [3.05, 3.63) is 33.1 Å². The molecule has 3 N–H and O–H groups in total. The maximum absolute atomic E-state index is 11.4. The first-order valence-electron chi connectivity index (χ1n) is 4.75. The van der Waals surface area contributed by atoms with Crippen molar-refractivity contribution in [2.45, 2.75) is 31.3 Å². The standard InChI is InChI=1S/C9H13N3O2/c10-6-2-1-3-7(6)12-5-4-8(13)11-9(12)14/h4-7H,1-3,10H2,(H,11,13,14)/t6-,7+/m0/s1. The summed E-state index contributed by atoms with van der Waals surface area (Å²) in [6.45, 7) is 0. The minimum atomic E-state index is -0.363. The lowest BCUT2D eigenvalue weighted by atomic mass is 10.2. The molecule has 14 heavy (non-hydrogen) atoms. The molecule has 0 bridgehead atoms. The topological polar surface area (TPSA) is 80.9 Å². The van der Waals surface area contributed by atoms with Crippen molar-refractivity contribution < 1.29 is 0 Å². The van der Waals surface area contributed by atoms with Gasteiger partial charge in [-0.1, -0.05) is 0 Å². The van der Waals surface area contributed by atoms with Gasteiger partial charge in [0, 0.05) is 18.3 Å². The average molecular weight is 195 g/mol. The quantitative estimate of drug-likeness (QED) is 0.639. The van der Waals surface area contributed by atoms with Gasteiger partial charge in [-0.3, -0.25) is 14.3 Å². The first-order valence-corrected chi connectivity index (χ1v) is 4.75. The molecule has 1 heterocycles. The van der Waals surface area contributed by atoms with E-state index in [-0.39, 0.29) is 23.3 Å². The molecule has 0 unspecified atom stereocenters. The van der Waals surface area contributed by atoms with E-state index in [2.05, 4.69) is 4.98 Å². The Bertz CT molecular complexity index is 434. The van der Waals surface area contributed by atoms with Crippen molar-refractivity contribution >= 4 is 0 Å². The molecule has 76 valence electrons. The summed E-state index contributed by atoms with van der Waals surface area (Å²) in [6, 6.07) is 1.42. The Balaban J connectivity index is 2.41. The molecule has 1 aromatic rings. The lowest BCUT2D eigenvalue weighted by Crippen LogP contribution is -2.37. The fourth-order valence-corrected chi connectivity index (χ4v) is 2.00. The molecule has 1 aliphatic rings. The molecule has 0 aromatic carbocycles. The Morgan fingerprint density at radius 2 is 2.21 bits per heavy atom. The van der Waals surface area contributed by atoms with Crippen molar-refractivity contribution in [1.29, 1.82) is 0 Å². The Labute approximate surface area is 80.6 Å².